The van der Waals surface area contributed by atoms with E-state index in [2.05, 4.69) is 36.5 Å². The van der Waals surface area contributed by atoms with Crippen LogP contribution in [-0.2, 0) is 0 Å². The molecule has 1 N–H and O–H groups in total. The first-order valence-corrected chi connectivity index (χ1v) is 8.32. The van der Waals surface area contributed by atoms with Crippen LogP contribution in [0.25, 0.3) is 0 Å². The molecular formula is C22H22N2O. The quantitative estimate of drug-likeness (QED) is 0.470. The Morgan fingerprint density at radius 1 is 0.800 bits per heavy atom. The highest BCUT2D eigenvalue weighted by molar-refractivity contribution is 5.80. The molecule has 3 nitrogen and oxygen atoms in total. The minimum atomic E-state index is 0.813. The van der Waals surface area contributed by atoms with E-state index in [1.807, 2.05) is 61.5 Å². The summed E-state index contributed by atoms with van der Waals surface area (Å²) in [5, 5.41) is 4.29. The first kappa shape index (κ1) is 16.8. The van der Waals surface area contributed by atoms with Crippen LogP contribution < -0.4 is 10.2 Å². The molecule has 3 aromatic carbocycles. The van der Waals surface area contributed by atoms with E-state index in [-0.39, 0.29) is 0 Å². The summed E-state index contributed by atoms with van der Waals surface area (Å²) in [4.78, 5) is 0. The number of anilines is 1. The number of rotatable bonds is 5. The van der Waals surface area contributed by atoms with Crippen LogP contribution in [0.5, 0.6) is 11.5 Å². The number of nitrogens with one attached hydrogen (secondary N) is 1. The van der Waals surface area contributed by atoms with Crippen LogP contribution in [0.3, 0.4) is 0 Å². The summed E-state index contributed by atoms with van der Waals surface area (Å²) in [6.45, 7) is 6.23. The van der Waals surface area contributed by atoms with Gasteiger partial charge in [-0.1, -0.05) is 24.3 Å². The fourth-order valence-corrected chi connectivity index (χ4v) is 2.41. The third-order valence-electron chi connectivity index (χ3n) is 4.12. The number of nitrogens with zero attached hydrogens (tertiary/aromatic N) is 1. The number of ether oxygens (including phenoxy) is 1. The Morgan fingerprint density at radius 2 is 1.56 bits per heavy atom. The number of aryl methyl sites for hydroxylation is 3. The van der Waals surface area contributed by atoms with Gasteiger partial charge in [0.2, 0.25) is 0 Å². The summed E-state index contributed by atoms with van der Waals surface area (Å²) in [5.74, 6) is 1.69. The molecule has 0 aliphatic heterocycles. The molecule has 0 radical (unpaired) electrons. The fraction of sp³-hybridized carbons (Fsp3) is 0.136. The molecule has 126 valence electrons. The highest BCUT2D eigenvalue weighted by Crippen LogP contribution is 2.24. The zero-order valence-corrected chi connectivity index (χ0v) is 14.8. The van der Waals surface area contributed by atoms with Crippen molar-refractivity contribution in [2.75, 3.05) is 5.43 Å². The molecule has 0 unspecified atom stereocenters. The molecule has 0 saturated carbocycles. The smallest absolute Gasteiger partial charge is 0.130 e. The van der Waals surface area contributed by atoms with Crippen LogP contribution in [-0.4, -0.2) is 6.21 Å². The van der Waals surface area contributed by atoms with Gasteiger partial charge in [0.25, 0.3) is 0 Å². The van der Waals surface area contributed by atoms with Crippen LogP contribution in [0.2, 0.25) is 0 Å². The van der Waals surface area contributed by atoms with E-state index < -0.39 is 0 Å². The van der Waals surface area contributed by atoms with E-state index in [4.69, 9.17) is 4.74 Å². The minimum absolute atomic E-state index is 0.813. The molecule has 3 aromatic rings. The third-order valence-corrected chi connectivity index (χ3v) is 4.12. The second kappa shape index (κ2) is 7.67. The molecule has 0 amide bonds. The first-order chi connectivity index (χ1) is 12.1. The van der Waals surface area contributed by atoms with Crippen molar-refractivity contribution >= 4 is 11.9 Å². The lowest BCUT2D eigenvalue weighted by atomic mass is 10.1. The van der Waals surface area contributed by atoms with E-state index in [1.54, 1.807) is 6.21 Å². The van der Waals surface area contributed by atoms with E-state index in [9.17, 15) is 0 Å². The van der Waals surface area contributed by atoms with Gasteiger partial charge >= 0.3 is 0 Å². The maximum absolute atomic E-state index is 5.90. The third kappa shape index (κ3) is 4.48. The number of hydrogen-bond acceptors (Lipinski definition) is 3. The summed E-state index contributed by atoms with van der Waals surface area (Å²) in [6.07, 6.45) is 1.80. The Kier molecular flexibility index (Phi) is 5.14. The molecule has 0 spiro atoms. The van der Waals surface area contributed by atoms with Gasteiger partial charge in [0, 0.05) is 0 Å². The molecule has 3 heteroatoms. The SMILES string of the molecule is Cc1ccc(NN=Cc2ccc(Oc3ccccc3C)cc2)cc1C. The molecule has 0 heterocycles. The van der Waals surface area contributed by atoms with Crippen molar-refractivity contribution in [1.82, 2.24) is 0 Å². The van der Waals surface area contributed by atoms with Gasteiger partial charge in [-0.15, -0.1) is 0 Å². The van der Waals surface area contributed by atoms with Crippen LogP contribution in [0.15, 0.2) is 71.8 Å². The summed E-state index contributed by atoms with van der Waals surface area (Å²) in [7, 11) is 0. The normalized spacial score (nSPS) is 10.8. The highest BCUT2D eigenvalue weighted by Gasteiger charge is 2.00. The fourth-order valence-electron chi connectivity index (χ4n) is 2.41. The molecule has 25 heavy (non-hydrogen) atoms. The largest absolute Gasteiger partial charge is 0.457 e. The monoisotopic (exact) mass is 330 g/mol. The molecule has 0 atom stereocenters. The maximum Gasteiger partial charge on any atom is 0.130 e. The van der Waals surface area contributed by atoms with Crippen molar-refractivity contribution in [3.05, 3.63) is 89.0 Å². The van der Waals surface area contributed by atoms with Crippen molar-refractivity contribution in [3.63, 3.8) is 0 Å². The lowest BCUT2D eigenvalue weighted by molar-refractivity contribution is 0.479. The van der Waals surface area contributed by atoms with Crippen LogP contribution in [0.1, 0.15) is 22.3 Å². The average molecular weight is 330 g/mol. The summed E-state index contributed by atoms with van der Waals surface area (Å²) in [5.41, 5.74) is 8.70. The molecule has 0 saturated heterocycles. The standard InChI is InChI=1S/C22H22N2O/c1-16-8-11-20(14-18(16)3)24-23-15-19-9-12-21(13-10-19)25-22-7-5-4-6-17(22)2/h4-15,24H,1-3H3. The average Bonchev–Trinajstić information content (AvgIpc) is 2.61. The molecule has 3 rings (SSSR count). The van der Waals surface area contributed by atoms with E-state index in [1.165, 1.54) is 11.1 Å². The van der Waals surface area contributed by atoms with Gasteiger partial charge in [-0.05, 0) is 85.5 Å². The Hall–Kier alpha value is -3.07. The highest BCUT2D eigenvalue weighted by atomic mass is 16.5. The molecule has 0 aromatic heterocycles. The van der Waals surface area contributed by atoms with Gasteiger partial charge in [-0.3, -0.25) is 5.43 Å². The van der Waals surface area contributed by atoms with Gasteiger partial charge in [0.05, 0.1) is 11.9 Å². The lowest BCUT2D eigenvalue weighted by Crippen LogP contribution is -1.92. The predicted octanol–water partition coefficient (Wildman–Crippen LogP) is 5.85. The van der Waals surface area contributed by atoms with Crippen LogP contribution >= 0.6 is 0 Å². The number of benzene rings is 3. The zero-order chi connectivity index (χ0) is 17.6. The summed E-state index contributed by atoms with van der Waals surface area (Å²) < 4.78 is 5.90. The van der Waals surface area contributed by atoms with E-state index >= 15 is 0 Å². The Balaban J connectivity index is 1.62. The van der Waals surface area contributed by atoms with Crippen LogP contribution in [0.4, 0.5) is 5.69 Å². The Bertz CT molecular complexity index is 883. The Labute approximate surface area is 149 Å². The van der Waals surface area contributed by atoms with Gasteiger partial charge in [-0.2, -0.15) is 5.10 Å². The van der Waals surface area contributed by atoms with E-state index in [0.717, 1.165) is 28.3 Å². The topological polar surface area (TPSA) is 33.6 Å². The summed E-state index contributed by atoms with van der Waals surface area (Å²) in [6, 6.07) is 22.1. The Morgan fingerprint density at radius 3 is 2.28 bits per heavy atom. The van der Waals surface area contributed by atoms with Crippen molar-refractivity contribution in [3.8, 4) is 11.5 Å². The lowest BCUT2D eigenvalue weighted by Gasteiger charge is -2.08. The van der Waals surface area contributed by atoms with Crippen LogP contribution in [0, 0.1) is 20.8 Å². The van der Waals surface area contributed by atoms with Gasteiger partial charge < -0.3 is 4.74 Å². The number of hydrazone groups is 1. The van der Waals surface area contributed by atoms with Crippen molar-refractivity contribution < 1.29 is 4.74 Å². The number of para-hydroxylation sites is 1. The second-order valence-electron chi connectivity index (χ2n) is 6.11. The van der Waals surface area contributed by atoms with Crippen molar-refractivity contribution in [2.24, 2.45) is 5.10 Å². The van der Waals surface area contributed by atoms with Gasteiger partial charge in [0.1, 0.15) is 11.5 Å². The molecule has 0 aliphatic carbocycles. The molecular weight excluding hydrogens is 308 g/mol. The molecule has 0 fully saturated rings. The van der Waals surface area contributed by atoms with Crippen molar-refractivity contribution in [2.45, 2.75) is 20.8 Å². The molecule has 0 bridgehead atoms. The number of hydrogen-bond donors (Lipinski definition) is 1. The van der Waals surface area contributed by atoms with Gasteiger partial charge in [-0.25, -0.2) is 0 Å². The van der Waals surface area contributed by atoms with Crippen molar-refractivity contribution in [1.29, 1.82) is 0 Å². The predicted molar refractivity (Wildman–Crippen MR) is 105 cm³/mol. The zero-order valence-electron chi connectivity index (χ0n) is 14.8. The van der Waals surface area contributed by atoms with E-state index in [0.29, 0.717) is 0 Å². The molecule has 0 aliphatic rings. The van der Waals surface area contributed by atoms with Gasteiger partial charge in [0.15, 0.2) is 0 Å². The minimum Gasteiger partial charge on any atom is -0.457 e. The maximum atomic E-state index is 5.90. The second-order valence-corrected chi connectivity index (χ2v) is 6.11. The summed E-state index contributed by atoms with van der Waals surface area (Å²) >= 11 is 0. The first-order valence-electron chi connectivity index (χ1n) is 8.32.